The summed E-state index contributed by atoms with van der Waals surface area (Å²) in [6.45, 7) is 2.01. The topological polar surface area (TPSA) is 87.7 Å². The van der Waals surface area contributed by atoms with Gasteiger partial charge in [0.15, 0.2) is 5.69 Å². The second-order valence-corrected chi connectivity index (χ2v) is 4.79. The van der Waals surface area contributed by atoms with Crippen molar-refractivity contribution in [2.24, 2.45) is 0 Å². The van der Waals surface area contributed by atoms with Gasteiger partial charge < -0.3 is 10.3 Å². The van der Waals surface area contributed by atoms with Crippen molar-refractivity contribution in [1.82, 2.24) is 15.0 Å². The monoisotopic (exact) mass is 294 g/mol. The normalized spacial score (nSPS) is 10.6. The maximum atomic E-state index is 12.2. The second-order valence-electron chi connectivity index (χ2n) is 4.79. The van der Waals surface area contributed by atoms with E-state index in [1.54, 1.807) is 36.5 Å². The summed E-state index contributed by atoms with van der Waals surface area (Å²) < 4.78 is 0. The zero-order valence-corrected chi connectivity index (χ0v) is 12.0. The largest absolute Gasteiger partial charge is 0.319 e. The van der Waals surface area contributed by atoms with Crippen molar-refractivity contribution in [1.29, 1.82) is 0 Å². The molecule has 0 saturated carbocycles. The molecule has 0 aliphatic rings. The van der Waals surface area contributed by atoms with E-state index in [1.165, 1.54) is 0 Å². The van der Waals surface area contributed by atoms with Crippen LogP contribution in [-0.2, 0) is 6.42 Å². The number of aromatic nitrogens is 3. The number of amides is 1. The van der Waals surface area contributed by atoms with Gasteiger partial charge in [-0.3, -0.25) is 9.59 Å². The Morgan fingerprint density at radius 1 is 1.27 bits per heavy atom. The highest BCUT2D eigenvalue weighted by molar-refractivity contribution is 6.02. The van der Waals surface area contributed by atoms with Crippen LogP contribution >= 0.6 is 0 Å². The van der Waals surface area contributed by atoms with Crippen LogP contribution in [0, 0.1) is 0 Å². The molecule has 0 radical (unpaired) electrons. The minimum absolute atomic E-state index is 0.178. The smallest absolute Gasteiger partial charge is 0.281 e. The van der Waals surface area contributed by atoms with Gasteiger partial charge in [-0.2, -0.15) is 0 Å². The van der Waals surface area contributed by atoms with Crippen molar-refractivity contribution in [3.8, 4) is 0 Å². The minimum Gasteiger partial charge on any atom is -0.319 e. The summed E-state index contributed by atoms with van der Waals surface area (Å²) in [5.41, 5.74) is 1.49. The fourth-order valence-corrected chi connectivity index (χ4v) is 2.12. The number of rotatable bonds is 3. The third-order valence-electron chi connectivity index (χ3n) is 3.29. The predicted molar refractivity (Wildman–Crippen MR) is 83.9 cm³/mol. The van der Waals surface area contributed by atoms with E-state index in [2.05, 4.69) is 20.3 Å². The number of para-hydroxylation sites is 2. The molecular weight excluding hydrogens is 280 g/mol. The molecule has 2 N–H and O–H groups in total. The Bertz CT molecular complexity index is 902. The lowest BCUT2D eigenvalue weighted by atomic mass is 10.2. The number of nitrogens with one attached hydrogen (secondary N) is 2. The van der Waals surface area contributed by atoms with Crippen molar-refractivity contribution >= 4 is 22.8 Å². The summed E-state index contributed by atoms with van der Waals surface area (Å²) in [7, 11) is 0. The Morgan fingerprint density at radius 3 is 2.91 bits per heavy atom. The van der Waals surface area contributed by atoms with Crippen LogP contribution in [0.1, 0.15) is 23.0 Å². The first kappa shape index (κ1) is 13.9. The number of aryl methyl sites for hydroxylation is 1. The maximum absolute atomic E-state index is 12.2. The average molecular weight is 294 g/mol. The van der Waals surface area contributed by atoms with Gasteiger partial charge in [-0.25, -0.2) is 9.97 Å². The molecule has 0 aliphatic heterocycles. The third kappa shape index (κ3) is 2.71. The van der Waals surface area contributed by atoms with Crippen LogP contribution in [0.15, 0.2) is 47.4 Å². The van der Waals surface area contributed by atoms with Crippen LogP contribution in [-0.4, -0.2) is 20.9 Å². The summed E-state index contributed by atoms with van der Waals surface area (Å²) in [5.74, 6) is -0.175. The fourth-order valence-electron chi connectivity index (χ4n) is 2.12. The van der Waals surface area contributed by atoms with Gasteiger partial charge in [0.2, 0.25) is 0 Å². The van der Waals surface area contributed by atoms with Crippen molar-refractivity contribution in [2.75, 3.05) is 5.32 Å². The van der Waals surface area contributed by atoms with Crippen molar-refractivity contribution in [3.05, 3.63) is 64.2 Å². The number of hydrogen-bond donors (Lipinski definition) is 2. The molecule has 1 aromatic carbocycles. The molecule has 3 rings (SSSR count). The van der Waals surface area contributed by atoms with Crippen molar-refractivity contribution in [3.63, 3.8) is 0 Å². The first-order valence-electron chi connectivity index (χ1n) is 6.92. The SMILES string of the molecule is CCc1ccnc(NC(=O)c2nc3ccccc3[nH]c2=O)c1. The number of carbonyl (C=O) groups is 1. The number of carbonyl (C=O) groups excluding carboxylic acids is 1. The van der Waals surface area contributed by atoms with E-state index in [0.717, 1.165) is 12.0 Å². The highest BCUT2D eigenvalue weighted by atomic mass is 16.2. The molecule has 1 amide bonds. The summed E-state index contributed by atoms with van der Waals surface area (Å²) >= 11 is 0. The highest BCUT2D eigenvalue weighted by Crippen LogP contribution is 2.09. The molecular formula is C16H14N4O2. The van der Waals surface area contributed by atoms with Gasteiger partial charge in [0.1, 0.15) is 5.82 Å². The van der Waals surface area contributed by atoms with Crippen LogP contribution in [0.2, 0.25) is 0 Å². The molecule has 0 unspecified atom stereocenters. The molecule has 0 aliphatic carbocycles. The van der Waals surface area contributed by atoms with Crippen LogP contribution in [0.3, 0.4) is 0 Å². The zero-order chi connectivity index (χ0) is 15.5. The average Bonchev–Trinajstić information content (AvgIpc) is 2.54. The lowest BCUT2D eigenvalue weighted by Crippen LogP contribution is -2.25. The quantitative estimate of drug-likeness (QED) is 0.774. The number of hydrogen-bond acceptors (Lipinski definition) is 4. The molecule has 0 saturated heterocycles. The van der Waals surface area contributed by atoms with E-state index in [0.29, 0.717) is 16.9 Å². The van der Waals surface area contributed by atoms with Crippen LogP contribution in [0.5, 0.6) is 0 Å². The number of nitrogens with zero attached hydrogens (tertiary/aromatic N) is 2. The molecule has 6 heteroatoms. The number of fused-ring (bicyclic) bond motifs is 1. The van der Waals surface area contributed by atoms with E-state index in [4.69, 9.17) is 0 Å². The van der Waals surface area contributed by atoms with Gasteiger partial charge in [0.25, 0.3) is 11.5 Å². The molecule has 3 aromatic rings. The fraction of sp³-hybridized carbons (Fsp3) is 0.125. The Hall–Kier alpha value is -3.02. The molecule has 0 spiro atoms. The van der Waals surface area contributed by atoms with Crippen molar-refractivity contribution in [2.45, 2.75) is 13.3 Å². The summed E-state index contributed by atoms with van der Waals surface area (Å²) in [6, 6.07) is 10.7. The minimum atomic E-state index is -0.576. The highest BCUT2D eigenvalue weighted by Gasteiger charge is 2.14. The summed E-state index contributed by atoms with van der Waals surface area (Å²) in [4.78, 5) is 35.1. The van der Waals surface area contributed by atoms with E-state index < -0.39 is 11.5 Å². The Morgan fingerprint density at radius 2 is 2.09 bits per heavy atom. The Balaban J connectivity index is 1.94. The van der Waals surface area contributed by atoms with E-state index in [9.17, 15) is 9.59 Å². The number of H-pyrrole nitrogens is 1. The second kappa shape index (κ2) is 5.77. The Kier molecular flexibility index (Phi) is 3.65. The van der Waals surface area contributed by atoms with Gasteiger partial charge in [-0.1, -0.05) is 19.1 Å². The molecule has 0 fully saturated rings. The molecule has 2 heterocycles. The van der Waals surface area contributed by atoms with Gasteiger partial charge in [-0.05, 0) is 36.2 Å². The number of anilines is 1. The molecule has 0 atom stereocenters. The summed E-state index contributed by atoms with van der Waals surface area (Å²) in [5, 5.41) is 2.61. The van der Waals surface area contributed by atoms with Crippen molar-refractivity contribution < 1.29 is 4.79 Å². The van der Waals surface area contributed by atoms with Gasteiger partial charge in [0.05, 0.1) is 11.0 Å². The van der Waals surface area contributed by atoms with Crippen LogP contribution < -0.4 is 10.9 Å². The standard InChI is InChI=1S/C16H14N4O2/c1-2-10-7-8-17-13(9-10)20-16(22)14-15(21)19-12-6-4-3-5-11(12)18-14/h3-9H,2H2,1H3,(H,19,21)(H,17,20,22). The molecule has 22 heavy (non-hydrogen) atoms. The van der Waals surface area contributed by atoms with Gasteiger partial charge in [0, 0.05) is 6.20 Å². The number of benzene rings is 1. The maximum Gasteiger partial charge on any atom is 0.281 e. The lowest BCUT2D eigenvalue weighted by Gasteiger charge is -2.05. The van der Waals surface area contributed by atoms with E-state index in [-0.39, 0.29) is 5.69 Å². The molecule has 6 nitrogen and oxygen atoms in total. The first-order valence-corrected chi connectivity index (χ1v) is 6.92. The third-order valence-corrected chi connectivity index (χ3v) is 3.29. The molecule has 2 aromatic heterocycles. The van der Waals surface area contributed by atoms with E-state index >= 15 is 0 Å². The Labute approximate surface area is 126 Å². The van der Waals surface area contributed by atoms with Crippen LogP contribution in [0.4, 0.5) is 5.82 Å². The summed E-state index contributed by atoms with van der Waals surface area (Å²) in [6.07, 6.45) is 2.45. The lowest BCUT2D eigenvalue weighted by molar-refractivity contribution is 0.102. The molecule has 110 valence electrons. The molecule has 0 bridgehead atoms. The first-order chi connectivity index (χ1) is 10.7. The van der Waals surface area contributed by atoms with E-state index in [1.807, 2.05) is 13.0 Å². The number of pyridine rings is 1. The number of aromatic amines is 1. The van der Waals surface area contributed by atoms with Gasteiger partial charge in [-0.15, -0.1) is 0 Å². The predicted octanol–water partition coefficient (Wildman–Crippen LogP) is 2.13. The van der Waals surface area contributed by atoms with Gasteiger partial charge >= 0.3 is 0 Å². The van der Waals surface area contributed by atoms with Crippen LogP contribution in [0.25, 0.3) is 11.0 Å². The zero-order valence-electron chi connectivity index (χ0n) is 12.0.